The van der Waals surface area contributed by atoms with Gasteiger partial charge in [0.15, 0.2) is 0 Å². The standard InChI is InChI=1S/C54H46N2Si2/c1-57(2,3)53-41-31-47(55-43-27-15-11-19-33(43)34-20-12-16-28-44(34)55)37-23-7-9-25-39(37)49(41)52-51(53)50-40-26-10-8-24-38(40)48(32-42(50)54(52)58(4,5)6)56-45-29-17-13-21-35(45)36-22-14-18-30-46(36)56/h7-32,53-54H,1-6H3. The quantitative estimate of drug-likeness (QED) is 0.158. The summed E-state index contributed by atoms with van der Waals surface area (Å²) in [5.74, 6) is 0. The van der Waals surface area contributed by atoms with Gasteiger partial charge in [0.2, 0.25) is 0 Å². The zero-order chi connectivity index (χ0) is 39.2. The minimum atomic E-state index is -1.90. The highest BCUT2D eigenvalue weighted by atomic mass is 28.3. The Kier molecular flexibility index (Phi) is 6.95. The highest BCUT2D eigenvalue weighted by Crippen LogP contribution is 2.65. The summed E-state index contributed by atoms with van der Waals surface area (Å²) in [4.78, 5) is 0. The van der Waals surface area contributed by atoms with Gasteiger partial charge < -0.3 is 9.13 Å². The molecule has 2 atom stereocenters. The maximum absolute atomic E-state index is 2.65. The van der Waals surface area contributed by atoms with Crippen LogP contribution >= 0.6 is 0 Å². The van der Waals surface area contributed by atoms with Crippen LogP contribution in [-0.2, 0) is 0 Å². The van der Waals surface area contributed by atoms with Crippen LogP contribution in [0.15, 0.2) is 158 Å². The van der Waals surface area contributed by atoms with E-state index in [9.17, 15) is 0 Å². The molecule has 0 saturated heterocycles. The first-order valence-corrected chi connectivity index (χ1v) is 28.1. The van der Waals surface area contributed by atoms with Gasteiger partial charge in [0, 0.05) is 43.4 Å². The highest BCUT2D eigenvalue weighted by Gasteiger charge is 2.51. The fourth-order valence-electron chi connectivity index (χ4n) is 11.5. The molecule has 12 rings (SSSR count). The molecule has 2 aromatic heterocycles. The molecule has 2 nitrogen and oxygen atoms in total. The number of hydrogen-bond acceptors (Lipinski definition) is 0. The zero-order valence-corrected chi connectivity index (χ0v) is 36.1. The first kappa shape index (κ1) is 34.1. The SMILES string of the molecule is C[Si](C)(C)C1C2=C(c3c1cc(-n1c4ccccc4c4ccccc41)c1ccccc31)C([Si](C)(C)C)c1cc(-n3c4ccccc4c4ccccc43)c3ccccc3c12. The topological polar surface area (TPSA) is 9.86 Å². The minimum absolute atomic E-state index is 0.358. The number of nitrogens with zero attached hydrogens (tertiary/aromatic N) is 2. The molecule has 2 heterocycles. The number of aromatic nitrogens is 2. The molecule has 0 amide bonds. The van der Waals surface area contributed by atoms with Crippen LogP contribution in [0.5, 0.6) is 0 Å². The van der Waals surface area contributed by atoms with Gasteiger partial charge in [-0.05, 0) is 80.6 Å². The van der Waals surface area contributed by atoms with Gasteiger partial charge >= 0.3 is 0 Å². The lowest BCUT2D eigenvalue weighted by molar-refractivity contribution is 1.12. The van der Waals surface area contributed by atoms with E-state index in [1.807, 2.05) is 0 Å². The van der Waals surface area contributed by atoms with Crippen molar-refractivity contribution < 1.29 is 0 Å². The number of rotatable bonds is 4. The van der Waals surface area contributed by atoms with Gasteiger partial charge in [-0.1, -0.05) is 161 Å². The van der Waals surface area contributed by atoms with Crippen molar-refractivity contribution in [3.8, 4) is 11.4 Å². The summed E-state index contributed by atoms with van der Waals surface area (Å²) < 4.78 is 5.13. The predicted molar refractivity (Wildman–Crippen MR) is 256 cm³/mol. The Hall–Kier alpha value is -5.95. The summed E-state index contributed by atoms with van der Waals surface area (Å²) >= 11 is 0. The van der Waals surface area contributed by atoms with E-state index < -0.39 is 16.1 Å². The Morgan fingerprint density at radius 3 is 0.879 bits per heavy atom. The fourth-order valence-corrected chi connectivity index (χ4v) is 16.2. The second-order valence-electron chi connectivity index (χ2n) is 19.0. The molecule has 2 aliphatic rings. The van der Waals surface area contributed by atoms with E-state index in [0.717, 1.165) is 0 Å². The summed E-state index contributed by atoms with van der Waals surface area (Å²) in [5.41, 5.74) is 17.8. The monoisotopic (exact) mass is 778 g/mol. The summed E-state index contributed by atoms with van der Waals surface area (Å²) in [6.45, 7) is 15.7. The molecular weight excluding hydrogens is 733 g/mol. The lowest BCUT2D eigenvalue weighted by atomic mass is 9.90. The molecule has 0 radical (unpaired) electrons. The minimum Gasteiger partial charge on any atom is -0.309 e. The first-order valence-electron chi connectivity index (χ1n) is 20.9. The van der Waals surface area contributed by atoms with Gasteiger partial charge in [0.05, 0.1) is 49.6 Å². The molecule has 2 aliphatic carbocycles. The van der Waals surface area contributed by atoms with Crippen molar-refractivity contribution >= 4 is 92.5 Å². The van der Waals surface area contributed by atoms with Gasteiger partial charge in [-0.2, -0.15) is 0 Å². The van der Waals surface area contributed by atoms with E-state index in [1.54, 1.807) is 22.3 Å². The molecule has 0 bridgehead atoms. The maximum atomic E-state index is 2.65. The van der Waals surface area contributed by atoms with Crippen LogP contribution in [0, 0.1) is 0 Å². The smallest absolute Gasteiger partial charge is 0.0574 e. The van der Waals surface area contributed by atoms with Crippen molar-refractivity contribution in [2.45, 2.75) is 50.4 Å². The molecule has 4 heteroatoms. The second-order valence-corrected chi connectivity index (χ2v) is 29.6. The van der Waals surface area contributed by atoms with Gasteiger partial charge in [-0.15, -0.1) is 0 Å². The fraction of sp³-hybridized carbons (Fsp3) is 0.148. The van der Waals surface area contributed by atoms with E-state index in [4.69, 9.17) is 0 Å². The van der Waals surface area contributed by atoms with Gasteiger partial charge in [-0.25, -0.2) is 0 Å². The number of para-hydroxylation sites is 4. The second kappa shape index (κ2) is 11.8. The van der Waals surface area contributed by atoms with Crippen molar-refractivity contribution in [2.75, 3.05) is 0 Å². The number of allylic oxidation sites excluding steroid dienone is 2. The molecule has 0 spiro atoms. The largest absolute Gasteiger partial charge is 0.309 e. The van der Waals surface area contributed by atoms with Gasteiger partial charge in [-0.3, -0.25) is 0 Å². The maximum Gasteiger partial charge on any atom is 0.0574 e. The Morgan fingerprint density at radius 1 is 0.328 bits per heavy atom. The summed E-state index contributed by atoms with van der Waals surface area (Å²) in [7, 11) is -3.81. The van der Waals surface area contributed by atoms with Crippen molar-refractivity contribution in [1.82, 2.24) is 9.13 Å². The molecular formula is C54H46N2Si2. The molecule has 2 unspecified atom stereocenters. The number of benzene rings is 8. The molecule has 280 valence electrons. The molecule has 0 fully saturated rings. The van der Waals surface area contributed by atoms with Crippen LogP contribution in [-0.4, -0.2) is 25.3 Å². The van der Waals surface area contributed by atoms with E-state index in [0.29, 0.717) is 11.1 Å². The molecule has 10 aromatic rings. The third kappa shape index (κ3) is 4.48. The molecule has 8 aromatic carbocycles. The van der Waals surface area contributed by atoms with Gasteiger partial charge in [0.25, 0.3) is 0 Å². The zero-order valence-electron chi connectivity index (χ0n) is 34.1. The van der Waals surface area contributed by atoms with E-state index >= 15 is 0 Å². The Labute approximate surface area is 341 Å². The van der Waals surface area contributed by atoms with Crippen LogP contribution in [0.25, 0.3) is 87.7 Å². The first-order chi connectivity index (χ1) is 28.1. The Bertz CT molecular complexity index is 3100. The van der Waals surface area contributed by atoms with Crippen molar-refractivity contribution in [3.05, 3.63) is 180 Å². The van der Waals surface area contributed by atoms with Crippen LogP contribution in [0.2, 0.25) is 39.3 Å². The van der Waals surface area contributed by atoms with Crippen LogP contribution in [0.4, 0.5) is 0 Å². The number of hydrogen-bond donors (Lipinski definition) is 0. The summed E-state index contributed by atoms with van der Waals surface area (Å²) in [6.07, 6.45) is 0. The van der Waals surface area contributed by atoms with Crippen LogP contribution in [0.3, 0.4) is 0 Å². The molecule has 0 N–H and O–H groups in total. The lowest BCUT2D eigenvalue weighted by Gasteiger charge is -2.33. The van der Waals surface area contributed by atoms with E-state index in [1.165, 1.54) is 87.7 Å². The Balaban J connectivity index is 1.20. The third-order valence-electron chi connectivity index (χ3n) is 13.5. The average molecular weight is 779 g/mol. The van der Waals surface area contributed by atoms with Crippen LogP contribution < -0.4 is 0 Å². The normalized spacial score (nSPS) is 16.7. The van der Waals surface area contributed by atoms with Crippen LogP contribution in [0.1, 0.15) is 33.3 Å². The highest BCUT2D eigenvalue weighted by molar-refractivity contribution is 6.82. The summed E-state index contributed by atoms with van der Waals surface area (Å²) in [5, 5.41) is 10.7. The van der Waals surface area contributed by atoms with Crippen molar-refractivity contribution in [2.24, 2.45) is 0 Å². The Morgan fingerprint density at radius 2 is 0.586 bits per heavy atom. The van der Waals surface area contributed by atoms with Gasteiger partial charge in [0.1, 0.15) is 0 Å². The van der Waals surface area contributed by atoms with E-state index in [-0.39, 0.29) is 0 Å². The van der Waals surface area contributed by atoms with Crippen molar-refractivity contribution in [1.29, 1.82) is 0 Å². The summed E-state index contributed by atoms with van der Waals surface area (Å²) in [6, 6.07) is 59.9. The molecule has 58 heavy (non-hydrogen) atoms. The molecule has 0 aliphatic heterocycles. The predicted octanol–water partition coefficient (Wildman–Crippen LogP) is 15.0. The van der Waals surface area contributed by atoms with E-state index in [2.05, 4.69) is 206 Å². The number of fused-ring (bicyclic) bond motifs is 14. The third-order valence-corrected chi connectivity index (χ3v) is 18.2. The lowest BCUT2D eigenvalue weighted by Crippen LogP contribution is -2.32. The molecule has 0 saturated carbocycles. The average Bonchev–Trinajstić information content (AvgIpc) is 3.94. The van der Waals surface area contributed by atoms with Crippen molar-refractivity contribution in [3.63, 3.8) is 0 Å².